The number of halogens is 1. The number of carbonyl (C=O) groups excluding carboxylic acids is 2. The molecule has 2 aliphatic heterocycles. The molecular weight excluding hydrogens is 625 g/mol. The highest BCUT2D eigenvalue weighted by atomic mass is 19.1. The number of hydrogen-bond acceptors (Lipinski definition) is 18. The van der Waals surface area contributed by atoms with Crippen molar-refractivity contribution in [3.8, 4) is 0 Å². The van der Waals surface area contributed by atoms with E-state index in [0.29, 0.717) is 0 Å². The first-order valence-electron chi connectivity index (χ1n) is 14.9. The maximum Gasteiger partial charge on any atom is 0.249 e. The molecule has 1 saturated carbocycles. The van der Waals surface area contributed by atoms with Crippen LogP contribution in [-0.2, 0) is 28.5 Å². The van der Waals surface area contributed by atoms with E-state index < -0.39 is 129 Å². The van der Waals surface area contributed by atoms with Crippen molar-refractivity contribution >= 4 is 11.8 Å². The van der Waals surface area contributed by atoms with Crippen LogP contribution in [0.25, 0.3) is 0 Å². The predicted molar refractivity (Wildman–Crippen MR) is 151 cm³/mol. The van der Waals surface area contributed by atoms with Crippen molar-refractivity contribution in [2.24, 2.45) is 28.7 Å². The van der Waals surface area contributed by atoms with Crippen molar-refractivity contribution in [2.75, 3.05) is 26.2 Å². The predicted octanol–water partition coefficient (Wildman–Crippen LogP) is -9.00. The van der Waals surface area contributed by atoms with Crippen LogP contribution in [0.4, 0.5) is 4.39 Å². The number of alkyl halides is 1. The molecule has 0 aromatic carbocycles. The van der Waals surface area contributed by atoms with E-state index >= 15 is 4.39 Å². The molecule has 17 atom stereocenters. The minimum Gasteiger partial charge on any atom is -0.394 e. The first kappa shape index (κ1) is 38.7. The Morgan fingerprint density at radius 2 is 1.50 bits per heavy atom. The number of carbonyl (C=O) groups is 2. The van der Waals surface area contributed by atoms with Gasteiger partial charge in [-0.15, -0.1) is 0 Å². The Labute approximate surface area is 263 Å². The maximum absolute atomic E-state index is 16.4. The fourth-order valence-electron chi connectivity index (χ4n) is 5.46. The van der Waals surface area contributed by atoms with Gasteiger partial charge in [0.1, 0.15) is 61.0 Å². The van der Waals surface area contributed by atoms with Crippen LogP contribution in [0.5, 0.6) is 0 Å². The molecule has 0 bridgehead atoms. The van der Waals surface area contributed by atoms with E-state index in [2.05, 4.69) is 10.6 Å². The average molecular weight is 674 g/mol. The molecule has 19 N–H and O–H groups in total. The van der Waals surface area contributed by atoms with Crippen molar-refractivity contribution in [2.45, 2.75) is 117 Å². The maximum atomic E-state index is 16.4. The van der Waals surface area contributed by atoms with Gasteiger partial charge < -0.3 is 94.0 Å². The number of ether oxygens (including phenoxy) is 4. The van der Waals surface area contributed by atoms with E-state index in [0.717, 1.165) is 0 Å². The van der Waals surface area contributed by atoms with E-state index in [4.69, 9.17) is 52.7 Å². The highest BCUT2D eigenvalue weighted by Crippen LogP contribution is 2.33. The van der Waals surface area contributed by atoms with E-state index in [1.54, 1.807) is 0 Å². The Morgan fingerprint density at radius 3 is 2.11 bits per heavy atom. The molecule has 0 aromatic heterocycles. The first-order valence-corrected chi connectivity index (χ1v) is 14.9. The zero-order chi connectivity index (χ0) is 34.5. The number of nitrogens with two attached hydrogens (primary N) is 5. The summed E-state index contributed by atoms with van der Waals surface area (Å²) in [5, 5.41) is 76.1. The van der Waals surface area contributed by atoms with Gasteiger partial charge >= 0.3 is 0 Å². The summed E-state index contributed by atoms with van der Waals surface area (Å²) in [6.45, 7) is -1.41. The SMILES string of the molecule is NCC[C@H](O)C(=O)N[C@@H]1C[C@@H](N)[C@@H](O[C@@H]2O[C@H](CN)[C@@H](O)[C@H](O)[C@H]2O)[C@H](F)[C@@H]1O[C@@H]1O[C@@H](CNC(=O)[C@H](N)CO)[C@H](O)[C@@H](N)[C@@H]1O. The third kappa shape index (κ3) is 8.82. The Morgan fingerprint density at radius 1 is 0.891 bits per heavy atom. The number of aliphatic hydroxyl groups is 7. The molecule has 0 aromatic rings. The highest BCUT2D eigenvalue weighted by molar-refractivity contribution is 5.81. The van der Waals surface area contributed by atoms with Gasteiger partial charge in [0, 0.05) is 19.1 Å². The van der Waals surface area contributed by atoms with Gasteiger partial charge in [0.25, 0.3) is 0 Å². The molecule has 0 radical (unpaired) electrons. The summed E-state index contributed by atoms with van der Waals surface area (Å²) < 4.78 is 39.0. The average Bonchev–Trinajstić information content (AvgIpc) is 3.03. The number of aliphatic hydroxyl groups excluding tert-OH is 7. The summed E-state index contributed by atoms with van der Waals surface area (Å²) >= 11 is 0. The molecule has 3 aliphatic rings. The van der Waals surface area contributed by atoms with E-state index in [1.165, 1.54) is 0 Å². The second-order valence-corrected chi connectivity index (χ2v) is 11.6. The number of amides is 2. The normalized spacial score (nSPS) is 43.0. The fraction of sp³-hybridized carbons (Fsp3) is 0.920. The summed E-state index contributed by atoms with van der Waals surface area (Å²) in [4.78, 5) is 24.7. The van der Waals surface area contributed by atoms with Crippen LogP contribution in [0.1, 0.15) is 12.8 Å². The monoisotopic (exact) mass is 673 g/mol. The van der Waals surface area contributed by atoms with Gasteiger partial charge in [-0.3, -0.25) is 9.59 Å². The van der Waals surface area contributed by atoms with E-state index in [1.807, 2.05) is 0 Å². The second kappa shape index (κ2) is 17.1. The standard InChI is InChI=1S/C25H48FN7O13/c26-13-20(45-25-19(40)18(39)16(37)11(4-28)43-25)7(29)3-9(33-23(42)10(35)1-2-27)21(13)46-24-17(38)14(31)15(36)12(44-24)5-32-22(41)8(30)6-34/h7-21,24-25,34-40H,1-6,27-31H2,(H,32,41)(H,33,42)/t7-,8-,9-,10+,11-,12+,13+,14-,15+,16-,17+,18+,19-,20-,21-,24+,25+/m1/s1. The molecule has 0 spiro atoms. The molecule has 1 aliphatic carbocycles. The zero-order valence-corrected chi connectivity index (χ0v) is 24.9. The van der Waals surface area contributed by atoms with Gasteiger partial charge in [-0.25, -0.2) is 4.39 Å². The fourth-order valence-corrected chi connectivity index (χ4v) is 5.46. The van der Waals surface area contributed by atoms with Crippen molar-refractivity contribution in [3.05, 3.63) is 0 Å². The Bertz CT molecular complexity index is 995. The first-order chi connectivity index (χ1) is 21.7. The molecule has 268 valence electrons. The zero-order valence-electron chi connectivity index (χ0n) is 24.9. The lowest BCUT2D eigenvalue weighted by atomic mass is 9.84. The van der Waals surface area contributed by atoms with E-state index in [9.17, 15) is 40.2 Å². The topological polar surface area (TPSA) is 367 Å². The molecule has 2 heterocycles. The molecule has 3 fully saturated rings. The van der Waals surface area contributed by atoms with Gasteiger partial charge in [-0.1, -0.05) is 0 Å². The van der Waals surface area contributed by atoms with Crippen molar-refractivity contribution in [1.29, 1.82) is 0 Å². The molecule has 3 rings (SSSR count). The van der Waals surface area contributed by atoms with Gasteiger partial charge in [0.05, 0.1) is 24.8 Å². The molecule has 46 heavy (non-hydrogen) atoms. The van der Waals surface area contributed by atoms with Crippen molar-refractivity contribution in [1.82, 2.24) is 10.6 Å². The minimum atomic E-state index is -2.28. The minimum absolute atomic E-state index is 0.0438. The molecule has 2 amide bonds. The Kier molecular flexibility index (Phi) is 14.3. The van der Waals surface area contributed by atoms with Crippen LogP contribution in [-0.4, -0.2) is 178 Å². The van der Waals surface area contributed by atoms with Crippen LogP contribution in [0, 0.1) is 0 Å². The van der Waals surface area contributed by atoms with Gasteiger partial charge in [0.2, 0.25) is 11.8 Å². The number of nitrogens with one attached hydrogen (secondary N) is 2. The van der Waals surface area contributed by atoms with Gasteiger partial charge in [0.15, 0.2) is 18.8 Å². The van der Waals surface area contributed by atoms with Gasteiger partial charge in [-0.05, 0) is 19.4 Å². The van der Waals surface area contributed by atoms with Crippen LogP contribution < -0.4 is 39.3 Å². The highest BCUT2D eigenvalue weighted by Gasteiger charge is 2.53. The third-order valence-corrected chi connectivity index (χ3v) is 8.29. The van der Waals surface area contributed by atoms with Crippen LogP contribution in [0.15, 0.2) is 0 Å². The molecule has 20 nitrogen and oxygen atoms in total. The van der Waals surface area contributed by atoms with Gasteiger partial charge in [-0.2, -0.15) is 0 Å². The molecule has 21 heteroatoms. The third-order valence-electron chi connectivity index (χ3n) is 8.29. The van der Waals surface area contributed by atoms with Crippen LogP contribution in [0.2, 0.25) is 0 Å². The molecule has 2 saturated heterocycles. The number of rotatable bonds is 13. The lowest BCUT2D eigenvalue weighted by molar-refractivity contribution is -0.326. The Hall–Kier alpha value is -1.77. The number of hydrogen-bond donors (Lipinski definition) is 14. The summed E-state index contributed by atoms with van der Waals surface area (Å²) in [6.07, 6.45) is -22.1. The van der Waals surface area contributed by atoms with Crippen molar-refractivity contribution in [3.63, 3.8) is 0 Å². The summed E-state index contributed by atoms with van der Waals surface area (Å²) in [6, 6.07) is -5.22. The van der Waals surface area contributed by atoms with Crippen molar-refractivity contribution < 1.29 is 68.7 Å². The molecular formula is C25H48FN7O13. The lowest BCUT2D eigenvalue weighted by Crippen LogP contribution is -2.69. The largest absolute Gasteiger partial charge is 0.394 e. The second-order valence-electron chi connectivity index (χ2n) is 11.6. The summed E-state index contributed by atoms with van der Waals surface area (Å²) in [5.74, 6) is -1.73. The smallest absolute Gasteiger partial charge is 0.249 e. The molecule has 0 unspecified atom stereocenters. The lowest BCUT2D eigenvalue weighted by Gasteiger charge is -2.48. The van der Waals surface area contributed by atoms with Crippen LogP contribution in [0.3, 0.4) is 0 Å². The Balaban J connectivity index is 1.85. The quantitative estimate of drug-likeness (QED) is 0.0862. The van der Waals surface area contributed by atoms with E-state index in [-0.39, 0.29) is 25.9 Å². The van der Waals surface area contributed by atoms with Crippen LogP contribution >= 0.6 is 0 Å². The summed E-state index contributed by atoms with van der Waals surface area (Å²) in [7, 11) is 0. The summed E-state index contributed by atoms with van der Waals surface area (Å²) in [5.41, 5.74) is 28.6.